The third kappa shape index (κ3) is 4.51. The maximum Gasteiger partial charge on any atom is 0.238 e. The quantitative estimate of drug-likeness (QED) is 0.451. The molecule has 8 heteroatoms. The number of benzene rings is 3. The smallest absolute Gasteiger partial charge is 0.238 e. The van der Waals surface area contributed by atoms with Crippen LogP contribution in [-0.2, 0) is 16.4 Å². The van der Waals surface area contributed by atoms with Crippen LogP contribution in [0.15, 0.2) is 82.1 Å². The Labute approximate surface area is 186 Å². The summed E-state index contributed by atoms with van der Waals surface area (Å²) in [5, 5.41) is 5.23. The van der Waals surface area contributed by atoms with Crippen molar-refractivity contribution in [3.8, 4) is 34.1 Å². The van der Waals surface area contributed by atoms with Gasteiger partial charge in [0.05, 0.1) is 24.7 Å². The van der Waals surface area contributed by atoms with E-state index in [2.05, 4.69) is 0 Å². The highest BCUT2D eigenvalue weighted by atomic mass is 32.2. The number of nitrogens with two attached hydrogens (primary N) is 1. The lowest BCUT2D eigenvalue weighted by molar-refractivity contribution is 0.402. The van der Waals surface area contributed by atoms with Crippen LogP contribution in [0.2, 0.25) is 0 Å². The van der Waals surface area contributed by atoms with E-state index in [1.54, 1.807) is 38.5 Å². The van der Waals surface area contributed by atoms with Crippen molar-refractivity contribution in [2.75, 3.05) is 14.2 Å². The summed E-state index contributed by atoms with van der Waals surface area (Å²) in [6.07, 6.45) is 0.495. The summed E-state index contributed by atoms with van der Waals surface area (Å²) in [7, 11) is -0.640. The van der Waals surface area contributed by atoms with Crippen LogP contribution in [0.3, 0.4) is 0 Å². The molecule has 0 unspecified atom stereocenters. The molecule has 0 amide bonds. The Morgan fingerprint density at radius 2 is 1.66 bits per heavy atom. The number of primary sulfonamides is 1. The van der Waals surface area contributed by atoms with Crippen LogP contribution < -0.4 is 14.6 Å². The SMILES string of the molecule is COc1ccc(OC)c(-c2oc(Cc3ccccc3)nc2-c2ccc(S(N)(=O)=O)cc2)c1. The van der Waals surface area contributed by atoms with Crippen LogP contribution in [0.5, 0.6) is 11.5 Å². The highest BCUT2D eigenvalue weighted by Crippen LogP contribution is 2.40. The molecule has 1 aromatic heterocycles. The van der Waals surface area contributed by atoms with Gasteiger partial charge in [-0.3, -0.25) is 0 Å². The van der Waals surface area contributed by atoms with Crippen molar-refractivity contribution in [2.45, 2.75) is 11.3 Å². The number of hydrogen-bond acceptors (Lipinski definition) is 6. The van der Waals surface area contributed by atoms with Gasteiger partial charge in [-0.2, -0.15) is 0 Å². The van der Waals surface area contributed by atoms with Gasteiger partial charge in [-0.25, -0.2) is 18.5 Å². The molecule has 32 heavy (non-hydrogen) atoms. The van der Waals surface area contributed by atoms with Crippen LogP contribution in [0.4, 0.5) is 0 Å². The Hall–Kier alpha value is -3.62. The predicted octanol–water partition coefficient (Wildman–Crippen LogP) is 4.26. The zero-order valence-corrected chi connectivity index (χ0v) is 18.4. The average molecular weight is 451 g/mol. The summed E-state index contributed by atoms with van der Waals surface area (Å²) >= 11 is 0. The van der Waals surface area contributed by atoms with Gasteiger partial charge in [0.25, 0.3) is 0 Å². The second-order valence-electron chi connectivity index (χ2n) is 7.08. The standard InChI is InChI=1S/C24H22N2O5S/c1-29-18-10-13-21(30-2)20(15-18)24-23(17-8-11-19(12-9-17)32(25,27)28)26-22(31-24)14-16-6-4-3-5-7-16/h3-13,15H,14H2,1-2H3,(H2,25,27,28). The molecule has 0 aliphatic heterocycles. The molecule has 2 N–H and O–H groups in total. The lowest BCUT2D eigenvalue weighted by atomic mass is 10.0. The van der Waals surface area contributed by atoms with Crippen LogP contribution in [0, 0.1) is 0 Å². The van der Waals surface area contributed by atoms with Crippen molar-refractivity contribution in [2.24, 2.45) is 5.14 Å². The lowest BCUT2D eigenvalue weighted by Crippen LogP contribution is -2.11. The fraction of sp³-hybridized carbons (Fsp3) is 0.125. The van der Waals surface area contributed by atoms with E-state index in [0.717, 1.165) is 5.56 Å². The van der Waals surface area contributed by atoms with E-state index >= 15 is 0 Å². The molecule has 0 aliphatic rings. The average Bonchev–Trinajstić information content (AvgIpc) is 3.22. The summed E-state index contributed by atoms with van der Waals surface area (Å²) in [6.45, 7) is 0. The third-order valence-corrected chi connectivity index (χ3v) is 5.91. The van der Waals surface area contributed by atoms with Gasteiger partial charge in [0.1, 0.15) is 17.2 Å². The minimum atomic E-state index is -3.80. The van der Waals surface area contributed by atoms with Gasteiger partial charge in [-0.15, -0.1) is 0 Å². The first-order valence-electron chi connectivity index (χ1n) is 9.78. The molecule has 4 rings (SSSR count). The Morgan fingerprint density at radius 1 is 0.938 bits per heavy atom. The minimum absolute atomic E-state index is 0.0229. The lowest BCUT2D eigenvalue weighted by Gasteiger charge is -2.10. The molecule has 164 valence electrons. The number of sulfonamides is 1. The highest BCUT2D eigenvalue weighted by molar-refractivity contribution is 7.89. The molecule has 0 saturated carbocycles. The van der Waals surface area contributed by atoms with E-state index in [-0.39, 0.29) is 4.90 Å². The summed E-state index contributed by atoms with van der Waals surface area (Å²) < 4.78 is 40.4. The van der Waals surface area contributed by atoms with Crippen LogP contribution >= 0.6 is 0 Å². The summed E-state index contributed by atoms with van der Waals surface area (Å²) in [4.78, 5) is 4.75. The number of oxazole rings is 1. The molecular weight excluding hydrogens is 428 g/mol. The first kappa shape index (κ1) is 21.6. The molecular formula is C24H22N2O5S. The molecule has 1 heterocycles. The first-order chi connectivity index (χ1) is 15.4. The third-order valence-electron chi connectivity index (χ3n) is 4.98. The number of aromatic nitrogens is 1. The number of hydrogen-bond donors (Lipinski definition) is 1. The molecule has 0 bridgehead atoms. The van der Waals surface area contributed by atoms with Gasteiger partial charge in [-0.1, -0.05) is 42.5 Å². The van der Waals surface area contributed by atoms with Gasteiger partial charge >= 0.3 is 0 Å². The first-order valence-corrected chi connectivity index (χ1v) is 11.3. The number of rotatable bonds is 7. The zero-order chi connectivity index (χ0) is 22.7. The largest absolute Gasteiger partial charge is 0.497 e. The van der Waals surface area contributed by atoms with Crippen LogP contribution in [0.1, 0.15) is 11.5 Å². The van der Waals surface area contributed by atoms with Gasteiger partial charge < -0.3 is 13.9 Å². The number of nitrogens with zero attached hydrogens (tertiary/aromatic N) is 1. The van der Waals surface area contributed by atoms with Crippen LogP contribution in [0.25, 0.3) is 22.6 Å². The molecule has 4 aromatic rings. The van der Waals surface area contributed by atoms with Crippen molar-refractivity contribution in [1.29, 1.82) is 0 Å². The van der Waals surface area contributed by atoms with Crippen molar-refractivity contribution >= 4 is 10.0 Å². The molecule has 0 spiro atoms. The molecule has 7 nitrogen and oxygen atoms in total. The fourth-order valence-corrected chi connectivity index (χ4v) is 3.90. The second-order valence-corrected chi connectivity index (χ2v) is 8.64. The predicted molar refractivity (Wildman–Crippen MR) is 121 cm³/mol. The monoisotopic (exact) mass is 450 g/mol. The van der Waals surface area contributed by atoms with Crippen molar-refractivity contribution in [1.82, 2.24) is 4.98 Å². The van der Waals surface area contributed by atoms with Gasteiger partial charge in [0, 0.05) is 12.0 Å². The van der Waals surface area contributed by atoms with Crippen molar-refractivity contribution in [3.63, 3.8) is 0 Å². The van der Waals surface area contributed by atoms with E-state index in [4.69, 9.17) is 24.0 Å². The van der Waals surface area contributed by atoms with E-state index in [1.165, 1.54) is 12.1 Å². The molecule has 3 aromatic carbocycles. The van der Waals surface area contributed by atoms with Gasteiger partial charge in [0.2, 0.25) is 10.0 Å². The molecule has 0 saturated heterocycles. The Balaban J connectivity index is 1.86. The second kappa shape index (κ2) is 8.86. The van der Waals surface area contributed by atoms with Gasteiger partial charge in [-0.05, 0) is 35.9 Å². The Morgan fingerprint density at radius 3 is 2.28 bits per heavy atom. The van der Waals surface area contributed by atoms with E-state index in [1.807, 2.05) is 36.4 Å². The molecule has 0 radical (unpaired) electrons. The molecule has 0 fully saturated rings. The zero-order valence-electron chi connectivity index (χ0n) is 17.6. The Bertz CT molecular complexity index is 1330. The number of ether oxygens (including phenoxy) is 2. The van der Waals surface area contributed by atoms with Crippen LogP contribution in [-0.4, -0.2) is 27.6 Å². The van der Waals surface area contributed by atoms with E-state index < -0.39 is 10.0 Å². The Kier molecular flexibility index (Phi) is 5.98. The molecule has 0 aliphatic carbocycles. The highest BCUT2D eigenvalue weighted by Gasteiger charge is 2.21. The minimum Gasteiger partial charge on any atom is -0.497 e. The summed E-state index contributed by atoms with van der Waals surface area (Å²) in [5.74, 6) is 2.24. The maximum atomic E-state index is 11.6. The number of methoxy groups -OCH3 is 2. The van der Waals surface area contributed by atoms with Crippen molar-refractivity contribution < 1.29 is 22.3 Å². The topological polar surface area (TPSA) is 105 Å². The summed E-state index contributed by atoms with van der Waals surface area (Å²) in [6, 6.07) is 21.5. The van der Waals surface area contributed by atoms with E-state index in [9.17, 15) is 8.42 Å². The normalized spacial score (nSPS) is 11.3. The fourth-order valence-electron chi connectivity index (χ4n) is 3.38. The van der Waals surface area contributed by atoms with Gasteiger partial charge in [0.15, 0.2) is 11.7 Å². The maximum absolute atomic E-state index is 11.6. The van der Waals surface area contributed by atoms with Crippen molar-refractivity contribution in [3.05, 3.63) is 84.3 Å². The molecule has 0 atom stereocenters. The summed E-state index contributed by atoms with van der Waals surface area (Å²) in [5.41, 5.74) is 2.96. The van der Waals surface area contributed by atoms with E-state index in [0.29, 0.717) is 46.4 Å².